The van der Waals surface area contributed by atoms with Crippen molar-refractivity contribution in [3.63, 3.8) is 0 Å². The zero-order chi connectivity index (χ0) is 47.0. The molecule has 0 heterocycles. The predicted octanol–water partition coefficient (Wildman–Crippen LogP) is 3.47. The van der Waals surface area contributed by atoms with Crippen molar-refractivity contribution in [3.8, 4) is 0 Å². The lowest BCUT2D eigenvalue weighted by atomic mass is 9.98. The summed E-state index contributed by atoms with van der Waals surface area (Å²) >= 11 is 0. The molecule has 0 unspecified atom stereocenters. The van der Waals surface area contributed by atoms with Crippen LogP contribution in [-0.4, -0.2) is 70.9 Å². The lowest BCUT2D eigenvalue weighted by molar-refractivity contribution is -0.129. The molecule has 0 saturated carbocycles. The van der Waals surface area contributed by atoms with E-state index < -0.39 is 47.8 Å². The summed E-state index contributed by atoms with van der Waals surface area (Å²) in [4.78, 5) is 73.2. The van der Waals surface area contributed by atoms with Gasteiger partial charge in [0, 0.05) is 37.0 Å². The van der Waals surface area contributed by atoms with Crippen molar-refractivity contribution in [2.24, 2.45) is 28.7 Å². The third-order valence-corrected chi connectivity index (χ3v) is 10.6. The predicted molar refractivity (Wildman–Crippen MR) is 249 cm³/mol. The molecule has 0 aliphatic rings. The molecule has 0 fully saturated rings. The van der Waals surface area contributed by atoms with Crippen molar-refractivity contribution in [1.82, 2.24) is 10.6 Å². The highest BCUT2D eigenvalue weighted by Gasteiger charge is 2.25. The lowest BCUT2D eigenvalue weighted by Gasteiger charge is -2.20. The number of aryl methyl sites for hydroxylation is 4. The van der Waals surface area contributed by atoms with Gasteiger partial charge in [0.05, 0.1) is 24.2 Å². The monoisotopic (exact) mass is 873 g/mol. The molecular formula is C49H63N9O6. The lowest BCUT2D eigenvalue weighted by Crippen LogP contribution is -2.48. The summed E-state index contributed by atoms with van der Waals surface area (Å²) in [5.41, 5.74) is 33.9. The van der Waals surface area contributed by atoms with E-state index in [4.69, 9.17) is 39.5 Å². The van der Waals surface area contributed by atoms with Crippen molar-refractivity contribution in [3.05, 3.63) is 143 Å². The second-order valence-electron chi connectivity index (χ2n) is 15.8. The van der Waals surface area contributed by atoms with Crippen LogP contribution < -0.4 is 39.3 Å². The van der Waals surface area contributed by atoms with Gasteiger partial charge in [-0.15, -0.1) is 0 Å². The number of nitrogens with one attached hydrogen (secondary N) is 4. The Hall–Kier alpha value is -6.84. The van der Waals surface area contributed by atoms with Gasteiger partial charge in [-0.25, -0.2) is 0 Å². The highest BCUT2D eigenvalue weighted by molar-refractivity contribution is 5.96. The molecule has 0 saturated heterocycles. The van der Waals surface area contributed by atoms with E-state index in [1.165, 1.54) is 0 Å². The summed E-state index contributed by atoms with van der Waals surface area (Å²) in [5.74, 6) is -2.27. The average Bonchev–Trinajstić information content (AvgIpc) is 3.29. The van der Waals surface area contributed by atoms with E-state index in [0.29, 0.717) is 49.8 Å². The van der Waals surface area contributed by atoms with E-state index in [-0.39, 0.29) is 55.9 Å². The van der Waals surface area contributed by atoms with E-state index in [9.17, 15) is 28.8 Å². The van der Waals surface area contributed by atoms with Gasteiger partial charge < -0.3 is 44.7 Å². The van der Waals surface area contributed by atoms with Crippen LogP contribution in [-0.2, 0) is 54.5 Å². The molecule has 64 heavy (non-hydrogen) atoms. The summed E-state index contributed by atoms with van der Waals surface area (Å²) in [5, 5.41) is 20.5. The Kier molecular flexibility index (Phi) is 21.9. The van der Waals surface area contributed by atoms with Gasteiger partial charge in [0.25, 0.3) is 0 Å². The molecule has 14 N–H and O–H groups in total. The Bertz CT molecular complexity index is 2010. The summed E-state index contributed by atoms with van der Waals surface area (Å²) in [6.45, 7) is 1.72. The fourth-order valence-electron chi connectivity index (χ4n) is 6.61. The molecule has 4 aromatic carbocycles. The van der Waals surface area contributed by atoms with E-state index in [1.54, 1.807) is 31.2 Å². The van der Waals surface area contributed by atoms with Gasteiger partial charge >= 0.3 is 0 Å². The van der Waals surface area contributed by atoms with E-state index >= 15 is 0 Å². The molecule has 0 spiro atoms. The first-order valence-corrected chi connectivity index (χ1v) is 21.4. The maximum absolute atomic E-state index is 12.8. The topological polar surface area (TPSA) is 304 Å². The third kappa shape index (κ3) is 19.5. The molecule has 340 valence electrons. The van der Waals surface area contributed by atoms with Crippen LogP contribution in [0.3, 0.4) is 0 Å². The molecule has 4 amide bonds. The van der Waals surface area contributed by atoms with Crippen LogP contribution in [0.25, 0.3) is 0 Å². The number of nitrogen functional groups attached to an aromatic ring is 1. The summed E-state index contributed by atoms with van der Waals surface area (Å²) in [6, 6.07) is 30.8. The number of hydrogen-bond acceptors (Lipinski definition) is 10. The normalized spacial score (nSPS) is 12.5. The van der Waals surface area contributed by atoms with Crippen LogP contribution in [0.5, 0.6) is 0 Å². The first-order valence-electron chi connectivity index (χ1n) is 21.4. The molecule has 0 aliphatic heterocycles. The molecule has 0 bridgehead atoms. The molecule has 0 radical (unpaired) electrons. The number of carbonyl (C=O) groups is 6. The fraction of sp³-hybridized carbons (Fsp3) is 0.347. The SMILES string of the molecule is CC(=N)c1ccc(CCC(=O)[C@H](CCC(N)=O)NC(=O)[C@H](N)CCc2ccccc2)cc1.N=C(N)c1ccc(CCC(=O)[C@H](CCC(N)=O)NC(=O)[C@H](N)CCc2ccccc2)cc1. The molecule has 4 aromatic rings. The Morgan fingerprint density at radius 1 is 0.469 bits per heavy atom. The molecule has 0 aliphatic carbocycles. The minimum absolute atomic E-state index is 0.00322. The zero-order valence-corrected chi connectivity index (χ0v) is 36.5. The van der Waals surface area contributed by atoms with Crippen LogP contribution in [0.2, 0.25) is 0 Å². The van der Waals surface area contributed by atoms with Crippen molar-refractivity contribution in [1.29, 1.82) is 10.8 Å². The molecule has 15 heteroatoms. The maximum atomic E-state index is 12.8. The van der Waals surface area contributed by atoms with E-state index in [1.807, 2.05) is 84.9 Å². The van der Waals surface area contributed by atoms with Gasteiger partial charge in [0.2, 0.25) is 23.6 Å². The number of amidine groups is 1. The highest BCUT2D eigenvalue weighted by Crippen LogP contribution is 2.13. The summed E-state index contributed by atoms with van der Waals surface area (Å²) in [6.07, 6.45) is 3.82. The number of primary amides is 2. The second-order valence-corrected chi connectivity index (χ2v) is 15.8. The maximum Gasteiger partial charge on any atom is 0.237 e. The number of benzene rings is 4. The summed E-state index contributed by atoms with van der Waals surface area (Å²) < 4.78 is 0. The molecular weight excluding hydrogens is 811 g/mol. The minimum atomic E-state index is -0.825. The van der Waals surface area contributed by atoms with Crippen LogP contribution >= 0.6 is 0 Å². The molecule has 4 atom stereocenters. The number of carbonyl (C=O) groups excluding carboxylic acids is 6. The van der Waals surface area contributed by atoms with Gasteiger partial charge in [-0.3, -0.25) is 34.2 Å². The Balaban J connectivity index is 0.000000340. The van der Waals surface area contributed by atoms with Gasteiger partial charge in [0.1, 0.15) is 5.84 Å². The first kappa shape index (κ1) is 51.5. The zero-order valence-electron chi connectivity index (χ0n) is 36.5. The summed E-state index contributed by atoms with van der Waals surface area (Å²) in [7, 11) is 0. The van der Waals surface area contributed by atoms with Crippen LogP contribution in [0.15, 0.2) is 109 Å². The molecule has 15 nitrogen and oxygen atoms in total. The second kappa shape index (κ2) is 27.3. The number of amides is 4. The van der Waals surface area contributed by atoms with Crippen LogP contribution in [0.4, 0.5) is 0 Å². The Morgan fingerprint density at radius 3 is 1.14 bits per heavy atom. The molecule has 4 rings (SSSR count). The number of Topliss-reactive ketones (excluding diaryl/α,β-unsaturated/α-hetero) is 2. The largest absolute Gasteiger partial charge is 0.384 e. The third-order valence-electron chi connectivity index (χ3n) is 10.6. The van der Waals surface area contributed by atoms with Gasteiger partial charge in [-0.1, -0.05) is 109 Å². The molecule has 0 aromatic heterocycles. The average molecular weight is 874 g/mol. The van der Waals surface area contributed by atoms with Gasteiger partial charge in [-0.2, -0.15) is 0 Å². The van der Waals surface area contributed by atoms with Gasteiger partial charge in [0.15, 0.2) is 11.6 Å². The number of hydrogen-bond donors (Lipinski definition) is 9. The highest BCUT2D eigenvalue weighted by atomic mass is 16.2. The smallest absolute Gasteiger partial charge is 0.237 e. The number of rotatable bonds is 26. The van der Waals surface area contributed by atoms with Gasteiger partial charge in [-0.05, 0) is 86.1 Å². The van der Waals surface area contributed by atoms with Crippen LogP contribution in [0, 0.1) is 10.8 Å². The Labute approximate surface area is 375 Å². The van der Waals surface area contributed by atoms with E-state index in [0.717, 1.165) is 27.8 Å². The fourth-order valence-corrected chi connectivity index (χ4v) is 6.61. The minimum Gasteiger partial charge on any atom is -0.384 e. The van der Waals surface area contributed by atoms with E-state index in [2.05, 4.69) is 10.6 Å². The number of nitrogens with two attached hydrogens (primary N) is 5. The van der Waals surface area contributed by atoms with Crippen molar-refractivity contribution < 1.29 is 28.8 Å². The van der Waals surface area contributed by atoms with Crippen molar-refractivity contribution >= 4 is 46.7 Å². The van der Waals surface area contributed by atoms with Crippen LogP contribution in [0.1, 0.15) is 91.7 Å². The quantitative estimate of drug-likeness (QED) is 0.0329. The van der Waals surface area contributed by atoms with Crippen molar-refractivity contribution in [2.75, 3.05) is 0 Å². The van der Waals surface area contributed by atoms with Crippen molar-refractivity contribution in [2.45, 2.75) is 108 Å². The number of ketones is 2. The standard InChI is InChI=1S/C25H32N4O3.C24H31N5O3/c1-17(26)20-11-7-19(8-12-20)10-15-23(30)22(14-16-24(28)31)29-25(32)21(27)13-9-18-5-3-2-4-6-18;25-19(12-8-16-4-2-1-3-5-16)24(32)29-20(13-15-22(26)31)21(30)14-9-17-6-10-18(11-7-17)23(27)28/h2-8,11-12,21-22,26H,9-10,13-16,27H2,1H3,(H2,28,31)(H,29,32);1-7,10-11,19-20H,8-9,12-15,25H2,(H2,26,31)(H3,27,28)(H,29,32)/t21-,22+;19-,20+/m11/s1. The first-order chi connectivity index (χ1) is 30.5. The Morgan fingerprint density at radius 2 is 0.812 bits per heavy atom.